The molecule has 1 heterocycles. The van der Waals surface area contributed by atoms with Crippen LogP contribution < -0.4 is 5.32 Å². The molecule has 5 heteroatoms. The Balaban J connectivity index is 1.88. The van der Waals surface area contributed by atoms with E-state index in [9.17, 15) is 4.79 Å². The number of rotatable bonds is 5. The van der Waals surface area contributed by atoms with Crippen molar-refractivity contribution in [3.8, 4) is 0 Å². The molecule has 0 unspecified atom stereocenters. The lowest BCUT2D eigenvalue weighted by molar-refractivity contribution is -0.115. The molecule has 5 nitrogen and oxygen atoms in total. The van der Waals surface area contributed by atoms with E-state index in [1.54, 1.807) is 0 Å². The van der Waals surface area contributed by atoms with Gasteiger partial charge >= 0.3 is 0 Å². The second-order valence-corrected chi connectivity index (χ2v) is 6.14. The third-order valence-electron chi connectivity index (χ3n) is 3.99. The largest absolute Gasteiger partial charge is 0.387 e. The molecule has 0 bridgehead atoms. The maximum atomic E-state index is 12.2. The molecular weight excluding hydrogens is 266 g/mol. The molecule has 1 amide bonds. The average molecular weight is 289 g/mol. The third kappa shape index (κ3) is 3.82. The number of hydrogen-bond acceptors (Lipinski definition) is 4. The summed E-state index contributed by atoms with van der Waals surface area (Å²) in [5.74, 6) is -0.150. The van der Waals surface area contributed by atoms with Crippen molar-refractivity contribution < 1.29 is 9.63 Å². The Labute approximate surface area is 126 Å². The van der Waals surface area contributed by atoms with Gasteiger partial charge in [-0.2, -0.15) is 0 Å². The van der Waals surface area contributed by atoms with Crippen molar-refractivity contribution in [2.75, 3.05) is 20.6 Å². The molecule has 0 radical (unpaired) electrons. The van der Waals surface area contributed by atoms with Gasteiger partial charge in [-0.3, -0.25) is 4.79 Å². The monoisotopic (exact) mass is 289 g/mol. The lowest BCUT2D eigenvalue weighted by atomic mass is 10.0. The van der Waals surface area contributed by atoms with E-state index in [0.29, 0.717) is 18.7 Å². The van der Waals surface area contributed by atoms with Gasteiger partial charge in [-0.05, 0) is 33.5 Å². The van der Waals surface area contributed by atoms with Crippen molar-refractivity contribution in [1.29, 1.82) is 0 Å². The number of likely N-dealkylation sites (N-methyl/N-ethyl adjacent to an activating group) is 1. The molecule has 0 aromatic heterocycles. The molecule has 0 aliphatic carbocycles. The van der Waals surface area contributed by atoms with Gasteiger partial charge in [0.15, 0.2) is 6.10 Å². The topological polar surface area (TPSA) is 53.9 Å². The first-order valence-electron chi connectivity index (χ1n) is 7.13. The Morgan fingerprint density at radius 2 is 2.05 bits per heavy atom. The van der Waals surface area contributed by atoms with Crippen LogP contribution in [0.15, 0.2) is 35.5 Å². The van der Waals surface area contributed by atoms with Crippen LogP contribution >= 0.6 is 0 Å². The zero-order valence-electron chi connectivity index (χ0n) is 13.1. The summed E-state index contributed by atoms with van der Waals surface area (Å²) in [6.45, 7) is 4.72. The van der Waals surface area contributed by atoms with E-state index >= 15 is 0 Å². The lowest BCUT2D eigenvalue weighted by Crippen LogP contribution is -2.49. The Morgan fingerprint density at radius 1 is 1.38 bits per heavy atom. The number of amides is 1. The van der Waals surface area contributed by atoms with E-state index in [4.69, 9.17) is 4.84 Å². The van der Waals surface area contributed by atoms with Crippen molar-refractivity contribution in [2.45, 2.75) is 31.9 Å². The SMILES string of the molecule is CN(C)C(C)(C)CNC(=O)C1=NO[C@@H](c2ccccc2)C1. The van der Waals surface area contributed by atoms with E-state index in [2.05, 4.69) is 29.2 Å². The molecule has 114 valence electrons. The van der Waals surface area contributed by atoms with Crippen LogP contribution in [0.3, 0.4) is 0 Å². The molecule has 1 aromatic rings. The second-order valence-electron chi connectivity index (χ2n) is 6.14. The molecule has 2 rings (SSSR count). The first kappa shape index (κ1) is 15.5. The number of nitrogens with one attached hydrogen (secondary N) is 1. The number of carbonyl (C=O) groups is 1. The van der Waals surface area contributed by atoms with Gasteiger partial charge in [0.2, 0.25) is 0 Å². The van der Waals surface area contributed by atoms with Gasteiger partial charge in [0.05, 0.1) is 0 Å². The Bertz CT molecular complexity index is 524. The number of nitrogens with zero attached hydrogens (tertiary/aromatic N) is 2. The van der Waals surface area contributed by atoms with Gasteiger partial charge in [-0.15, -0.1) is 0 Å². The van der Waals surface area contributed by atoms with Gasteiger partial charge in [0, 0.05) is 18.5 Å². The minimum absolute atomic E-state index is 0.103. The van der Waals surface area contributed by atoms with E-state index in [1.807, 2.05) is 44.4 Å². The summed E-state index contributed by atoms with van der Waals surface area (Å²) >= 11 is 0. The molecule has 0 fully saturated rings. The standard InChI is InChI=1S/C16H23N3O2/c1-16(2,19(3)4)11-17-15(20)13-10-14(21-18-13)12-8-6-5-7-9-12/h5-9,14H,10-11H2,1-4H3,(H,17,20)/t14-/m1/s1. The molecule has 1 aliphatic rings. The zero-order chi connectivity index (χ0) is 15.5. The van der Waals surface area contributed by atoms with Crippen molar-refractivity contribution in [1.82, 2.24) is 10.2 Å². The van der Waals surface area contributed by atoms with E-state index in [-0.39, 0.29) is 17.6 Å². The summed E-state index contributed by atoms with van der Waals surface area (Å²) in [6.07, 6.45) is 0.354. The Kier molecular flexibility index (Phi) is 4.63. The molecule has 0 saturated carbocycles. The first-order valence-corrected chi connectivity index (χ1v) is 7.13. The molecular formula is C16H23N3O2. The van der Waals surface area contributed by atoms with Crippen LogP contribution in [0.1, 0.15) is 31.9 Å². The molecule has 0 spiro atoms. The van der Waals surface area contributed by atoms with Crippen LogP contribution in [0.25, 0.3) is 0 Å². The van der Waals surface area contributed by atoms with E-state index < -0.39 is 0 Å². The van der Waals surface area contributed by atoms with Gasteiger partial charge in [0.1, 0.15) is 5.71 Å². The highest BCUT2D eigenvalue weighted by Crippen LogP contribution is 2.26. The minimum atomic E-state index is -0.159. The summed E-state index contributed by atoms with van der Waals surface area (Å²) < 4.78 is 0. The van der Waals surface area contributed by atoms with Crippen molar-refractivity contribution in [2.24, 2.45) is 5.16 Å². The zero-order valence-corrected chi connectivity index (χ0v) is 13.1. The predicted octanol–water partition coefficient (Wildman–Crippen LogP) is 1.96. The highest BCUT2D eigenvalue weighted by Gasteiger charge is 2.28. The summed E-state index contributed by atoms with van der Waals surface area (Å²) in [5, 5.41) is 6.86. The lowest BCUT2D eigenvalue weighted by Gasteiger charge is -2.32. The fourth-order valence-corrected chi connectivity index (χ4v) is 1.91. The highest BCUT2D eigenvalue weighted by atomic mass is 16.6. The fourth-order valence-electron chi connectivity index (χ4n) is 1.91. The minimum Gasteiger partial charge on any atom is -0.387 e. The molecule has 1 aromatic carbocycles. The van der Waals surface area contributed by atoms with Crippen LogP contribution in [0, 0.1) is 0 Å². The average Bonchev–Trinajstić information content (AvgIpc) is 2.95. The first-order chi connectivity index (χ1) is 9.90. The number of hydrogen-bond donors (Lipinski definition) is 1. The summed E-state index contributed by atoms with van der Waals surface area (Å²) in [5.41, 5.74) is 1.39. The highest BCUT2D eigenvalue weighted by molar-refractivity contribution is 6.39. The predicted molar refractivity (Wildman–Crippen MR) is 83.1 cm³/mol. The van der Waals surface area contributed by atoms with Gasteiger partial charge < -0.3 is 15.1 Å². The molecule has 0 saturated heterocycles. The third-order valence-corrected chi connectivity index (χ3v) is 3.99. The summed E-state index contributed by atoms with van der Waals surface area (Å²) in [7, 11) is 3.99. The van der Waals surface area contributed by atoms with Crippen molar-refractivity contribution >= 4 is 11.6 Å². The maximum Gasteiger partial charge on any atom is 0.269 e. The molecule has 1 N–H and O–H groups in total. The van der Waals surface area contributed by atoms with Crippen molar-refractivity contribution in [3.05, 3.63) is 35.9 Å². The molecule has 1 aliphatic heterocycles. The van der Waals surface area contributed by atoms with Gasteiger partial charge in [0.25, 0.3) is 5.91 Å². The fraction of sp³-hybridized carbons (Fsp3) is 0.500. The van der Waals surface area contributed by atoms with Crippen LogP contribution in [0.4, 0.5) is 0 Å². The van der Waals surface area contributed by atoms with Crippen LogP contribution in [-0.2, 0) is 9.63 Å². The molecule has 1 atom stereocenters. The number of carbonyl (C=O) groups excluding carboxylic acids is 1. The Hall–Kier alpha value is -1.88. The smallest absolute Gasteiger partial charge is 0.269 e. The normalized spacial score (nSPS) is 18.3. The summed E-state index contributed by atoms with van der Waals surface area (Å²) in [4.78, 5) is 19.6. The number of oxime groups is 1. The molecule has 21 heavy (non-hydrogen) atoms. The van der Waals surface area contributed by atoms with Gasteiger partial charge in [-0.25, -0.2) is 0 Å². The van der Waals surface area contributed by atoms with Crippen LogP contribution in [-0.4, -0.2) is 42.7 Å². The van der Waals surface area contributed by atoms with Gasteiger partial charge in [-0.1, -0.05) is 35.5 Å². The van der Waals surface area contributed by atoms with Crippen molar-refractivity contribution in [3.63, 3.8) is 0 Å². The maximum absolute atomic E-state index is 12.2. The second kappa shape index (κ2) is 6.26. The summed E-state index contributed by atoms with van der Waals surface area (Å²) in [6, 6.07) is 9.83. The van der Waals surface area contributed by atoms with Crippen LogP contribution in [0.2, 0.25) is 0 Å². The van der Waals surface area contributed by atoms with E-state index in [0.717, 1.165) is 5.56 Å². The van der Waals surface area contributed by atoms with E-state index in [1.165, 1.54) is 0 Å². The number of benzene rings is 1. The Morgan fingerprint density at radius 3 is 2.67 bits per heavy atom. The van der Waals surface area contributed by atoms with Crippen LogP contribution in [0.5, 0.6) is 0 Å². The quantitative estimate of drug-likeness (QED) is 0.901.